The van der Waals surface area contributed by atoms with Gasteiger partial charge in [0.05, 0.1) is 4.90 Å². The molecule has 0 radical (unpaired) electrons. The van der Waals surface area contributed by atoms with E-state index in [9.17, 15) is 8.42 Å². The van der Waals surface area contributed by atoms with Crippen LogP contribution in [0.2, 0.25) is 0 Å². The molecule has 0 spiro atoms. The van der Waals surface area contributed by atoms with E-state index in [-0.39, 0.29) is 12.1 Å². The van der Waals surface area contributed by atoms with E-state index < -0.39 is 10.0 Å². The van der Waals surface area contributed by atoms with Crippen LogP contribution in [0.5, 0.6) is 0 Å². The van der Waals surface area contributed by atoms with Gasteiger partial charge in [0.25, 0.3) is 0 Å². The molecule has 1 fully saturated rings. The SMILES string of the molecule is Cc1ccc(S(=O)(=O)N2CC(C)N(CCN(C)C)C(C)C2)c(C)c1. The van der Waals surface area contributed by atoms with Crippen molar-refractivity contribution in [3.63, 3.8) is 0 Å². The molecular weight excluding hydrogens is 322 g/mol. The molecule has 2 rings (SSSR count). The van der Waals surface area contributed by atoms with E-state index >= 15 is 0 Å². The largest absolute Gasteiger partial charge is 0.308 e. The van der Waals surface area contributed by atoms with Gasteiger partial charge in [-0.05, 0) is 53.4 Å². The molecule has 1 heterocycles. The molecule has 0 aliphatic carbocycles. The van der Waals surface area contributed by atoms with Gasteiger partial charge in [-0.2, -0.15) is 4.31 Å². The second-order valence-electron chi connectivity index (χ2n) is 7.33. The van der Waals surface area contributed by atoms with Gasteiger partial charge in [0.15, 0.2) is 0 Å². The maximum atomic E-state index is 13.1. The number of hydrogen-bond acceptors (Lipinski definition) is 4. The van der Waals surface area contributed by atoms with E-state index in [0.717, 1.165) is 24.2 Å². The molecule has 24 heavy (non-hydrogen) atoms. The zero-order chi connectivity index (χ0) is 18.1. The lowest BCUT2D eigenvalue weighted by molar-refractivity contribution is 0.0708. The molecule has 136 valence electrons. The topological polar surface area (TPSA) is 43.9 Å². The van der Waals surface area contributed by atoms with Gasteiger partial charge in [0.1, 0.15) is 0 Å². The van der Waals surface area contributed by atoms with Crippen LogP contribution in [0.25, 0.3) is 0 Å². The van der Waals surface area contributed by atoms with Crippen molar-refractivity contribution < 1.29 is 8.42 Å². The highest BCUT2D eigenvalue weighted by atomic mass is 32.2. The lowest BCUT2D eigenvalue weighted by Crippen LogP contribution is -2.58. The summed E-state index contributed by atoms with van der Waals surface area (Å²) in [5, 5.41) is 0. The first kappa shape index (κ1) is 19.4. The Hall–Kier alpha value is -0.950. The van der Waals surface area contributed by atoms with Crippen LogP contribution in [0.1, 0.15) is 25.0 Å². The van der Waals surface area contributed by atoms with Crippen molar-refractivity contribution in [2.45, 2.75) is 44.7 Å². The highest BCUT2D eigenvalue weighted by molar-refractivity contribution is 7.89. The molecule has 5 nitrogen and oxygen atoms in total. The molecule has 0 amide bonds. The summed E-state index contributed by atoms with van der Waals surface area (Å²) >= 11 is 0. The van der Waals surface area contributed by atoms with E-state index in [2.05, 4.69) is 37.7 Å². The molecule has 1 aromatic rings. The molecule has 0 aromatic heterocycles. The molecular formula is C18H31N3O2S. The number of benzene rings is 1. The minimum Gasteiger partial charge on any atom is -0.308 e. The predicted molar refractivity (Wildman–Crippen MR) is 98.9 cm³/mol. The van der Waals surface area contributed by atoms with Crippen LogP contribution in [0.4, 0.5) is 0 Å². The van der Waals surface area contributed by atoms with Gasteiger partial charge >= 0.3 is 0 Å². The molecule has 0 N–H and O–H groups in total. The van der Waals surface area contributed by atoms with Crippen molar-refractivity contribution >= 4 is 10.0 Å². The van der Waals surface area contributed by atoms with Crippen molar-refractivity contribution in [3.8, 4) is 0 Å². The van der Waals surface area contributed by atoms with Gasteiger partial charge in [0, 0.05) is 38.3 Å². The molecule has 1 saturated heterocycles. The highest BCUT2D eigenvalue weighted by Gasteiger charge is 2.36. The Morgan fingerprint density at radius 2 is 1.71 bits per heavy atom. The quantitative estimate of drug-likeness (QED) is 0.812. The second-order valence-corrected chi connectivity index (χ2v) is 9.24. The van der Waals surface area contributed by atoms with E-state index in [0.29, 0.717) is 18.0 Å². The smallest absolute Gasteiger partial charge is 0.243 e. The summed E-state index contributed by atoms with van der Waals surface area (Å²) in [5.41, 5.74) is 1.91. The Balaban J connectivity index is 2.18. The van der Waals surface area contributed by atoms with E-state index in [1.165, 1.54) is 0 Å². The van der Waals surface area contributed by atoms with Crippen molar-refractivity contribution in [1.29, 1.82) is 0 Å². The Bertz CT molecular complexity index is 661. The minimum absolute atomic E-state index is 0.217. The fourth-order valence-electron chi connectivity index (χ4n) is 3.49. The lowest BCUT2D eigenvalue weighted by Gasteiger charge is -2.44. The molecule has 1 aliphatic rings. The monoisotopic (exact) mass is 353 g/mol. The Labute approximate surface area is 147 Å². The zero-order valence-electron chi connectivity index (χ0n) is 15.8. The number of sulfonamides is 1. The van der Waals surface area contributed by atoms with Gasteiger partial charge in [-0.1, -0.05) is 17.7 Å². The number of aryl methyl sites for hydroxylation is 2. The summed E-state index contributed by atoms with van der Waals surface area (Å²) in [7, 11) is 0.698. The number of likely N-dealkylation sites (N-methyl/N-ethyl adjacent to an activating group) is 1. The highest BCUT2D eigenvalue weighted by Crippen LogP contribution is 2.25. The molecule has 1 aromatic carbocycles. The first-order valence-electron chi connectivity index (χ1n) is 8.60. The van der Waals surface area contributed by atoms with E-state index in [4.69, 9.17) is 0 Å². The van der Waals surface area contributed by atoms with Crippen LogP contribution in [-0.4, -0.2) is 74.9 Å². The van der Waals surface area contributed by atoms with E-state index in [1.54, 1.807) is 10.4 Å². The summed E-state index contributed by atoms with van der Waals surface area (Å²) in [6.45, 7) is 11.1. The zero-order valence-corrected chi connectivity index (χ0v) is 16.6. The lowest BCUT2D eigenvalue weighted by atomic mass is 10.1. The minimum atomic E-state index is -3.43. The van der Waals surface area contributed by atoms with Gasteiger partial charge < -0.3 is 4.90 Å². The first-order valence-corrected chi connectivity index (χ1v) is 10.0. The number of piperazine rings is 1. The van der Waals surface area contributed by atoms with Gasteiger partial charge in [0.2, 0.25) is 10.0 Å². The summed E-state index contributed by atoms with van der Waals surface area (Å²) in [5.74, 6) is 0. The summed E-state index contributed by atoms with van der Waals surface area (Å²) in [6.07, 6.45) is 0. The van der Waals surface area contributed by atoms with Gasteiger partial charge in [-0.25, -0.2) is 8.42 Å². The van der Waals surface area contributed by atoms with Crippen LogP contribution in [-0.2, 0) is 10.0 Å². The van der Waals surface area contributed by atoms with Crippen LogP contribution in [0.3, 0.4) is 0 Å². The molecule has 0 saturated carbocycles. The van der Waals surface area contributed by atoms with Gasteiger partial charge in [-0.3, -0.25) is 4.90 Å². The average Bonchev–Trinajstić information content (AvgIpc) is 2.45. The average molecular weight is 354 g/mol. The number of rotatable bonds is 5. The maximum absolute atomic E-state index is 13.1. The first-order chi connectivity index (χ1) is 11.1. The van der Waals surface area contributed by atoms with Crippen molar-refractivity contribution in [1.82, 2.24) is 14.1 Å². The van der Waals surface area contributed by atoms with Crippen molar-refractivity contribution in [3.05, 3.63) is 29.3 Å². The molecule has 6 heteroatoms. The third-order valence-corrected chi connectivity index (χ3v) is 6.81. The van der Waals surface area contributed by atoms with Crippen molar-refractivity contribution in [2.75, 3.05) is 40.3 Å². The second kappa shape index (κ2) is 7.52. The molecule has 2 unspecified atom stereocenters. The summed E-state index contributed by atoms with van der Waals surface area (Å²) < 4.78 is 27.8. The fraction of sp³-hybridized carbons (Fsp3) is 0.667. The third-order valence-electron chi connectivity index (χ3n) is 4.82. The van der Waals surface area contributed by atoms with E-state index in [1.807, 2.05) is 26.0 Å². The number of hydrogen-bond donors (Lipinski definition) is 0. The normalized spacial score (nSPS) is 23.8. The predicted octanol–water partition coefficient (Wildman–Crippen LogP) is 1.95. The van der Waals surface area contributed by atoms with Crippen LogP contribution < -0.4 is 0 Å². The Kier molecular flexibility index (Phi) is 6.07. The molecule has 0 bridgehead atoms. The third kappa shape index (κ3) is 4.17. The Morgan fingerprint density at radius 3 is 2.21 bits per heavy atom. The van der Waals surface area contributed by atoms with Crippen molar-refractivity contribution in [2.24, 2.45) is 0 Å². The maximum Gasteiger partial charge on any atom is 0.243 e. The van der Waals surface area contributed by atoms with Crippen LogP contribution in [0, 0.1) is 13.8 Å². The summed E-state index contributed by atoms with van der Waals surface area (Å²) in [6, 6.07) is 5.99. The molecule has 2 atom stereocenters. The van der Waals surface area contributed by atoms with Crippen LogP contribution in [0.15, 0.2) is 23.1 Å². The fourth-order valence-corrected chi connectivity index (χ4v) is 5.30. The summed E-state index contributed by atoms with van der Waals surface area (Å²) in [4.78, 5) is 5.01. The Morgan fingerprint density at radius 1 is 1.12 bits per heavy atom. The molecule has 1 aliphatic heterocycles. The standard InChI is InChI=1S/C18H31N3O2S/c1-14-7-8-18(15(2)11-14)24(22,23)20-12-16(3)21(17(4)13-20)10-9-19(5)6/h7-8,11,16-17H,9-10,12-13H2,1-6H3. The van der Waals surface area contributed by atoms with Gasteiger partial charge in [-0.15, -0.1) is 0 Å². The van der Waals surface area contributed by atoms with Crippen LogP contribution >= 0.6 is 0 Å². The number of nitrogens with zero attached hydrogens (tertiary/aromatic N) is 3.